The maximum Gasteiger partial charge on any atom is 0.256 e. The highest BCUT2D eigenvalue weighted by Gasteiger charge is 2.35. The van der Waals surface area contributed by atoms with Crippen LogP contribution in [0.1, 0.15) is 65.9 Å². The number of ether oxygens (including phenoxy) is 2. The molecular formula is C20H34N2O3. The summed E-state index contributed by atoms with van der Waals surface area (Å²) in [5.41, 5.74) is 0.739. The Morgan fingerprint density at radius 3 is 2.56 bits per heavy atom. The van der Waals surface area contributed by atoms with E-state index in [0.717, 1.165) is 24.8 Å². The first-order valence-electron chi connectivity index (χ1n) is 9.37. The zero-order valence-corrected chi connectivity index (χ0v) is 16.6. The summed E-state index contributed by atoms with van der Waals surface area (Å²) in [6.07, 6.45) is 5.28. The van der Waals surface area contributed by atoms with Crippen molar-refractivity contribution in [2.45, 2.75) is 72.8 Å². The zero-order chi connectivity index (χ0) is 18.9. The zero-order valence-electron chi connectivity index (χ0n) is 16.6. The van der Waals surface area contributed by atoms with Crippen LogP contribution in [0, 0.1) is 12.8 Å². The average molecular weight is 351 g/mol. The van der Waals surface area contributed by atoms with Crippen LogP contribution in [0.25, 0.3) is 0 Å². The Morgan fingerprint density at radius 2 is 2.00 bits per heavy atom. The normalized spacial score (nSPS) is 13.6. The van der Waals surface area contributed by atoms with Crippen LogP contribution in [0.3, 0.4) is 0 Å². The van der Waals surface area contributed by atoms with E-state index in [2.05, 4.69) is 31.1 Å². The van der Waals surface area contributed by atoms with Crippen LogP contribution in [0.2, 0.25) is 0 Å². The van der Waals surface area contributed by atoms with Crippen molar-refractivity contribution in [1.29, 1.82) is 0 Å². The topological polar surface area (TPSA) is 60.5 Å². The number of aryl methyl sites for hydroxylation is 1. The smallest absolute Gasteiger partial charge is 0.256 e. The van der Waals surface area contributed by atoms with E-state index < -0.39 is 5.60 Å². The summed E-state index contributed by atoms with van der Waals surface area (Å²) in [5.74, 6) is 0.857. The van der Waals surface area contributed by atoms with Crippen LogP contribution in [0.4, 0.5) is 5.69 Å². The summed E-state index contributed by atoms with van der Waals surface area (Å²) in [4.78, 5) is 17.1. The Bertz CT molecular complexity index is 546. The molecule has 1 heterocycles. The van der Waals surface area contributed by atoms with Gasteiger partial charge in [-0.25, -0.2) is 4.98 Å². The fourth-order valence-corrected chi connectivity index (χ4v) is 2.68. The lowest BCUT2D eigenvalue weighted by Gasteiger charge is -2.30. The molecule has 0 unspecified atom stereocenters. The second kappa shape index (κ2) is 10.4. The van der Waals surface area contributed by atoms with Crippen molar-refractivity contribution in [2.24, 2.45) is 5.92 Å². The maximum atomic E-state index is 12.8. The SMILES string of the molecule is CCCCOc1ncc(NC(=O)[C@](C)(CC(C)C)OCCC)cc1C. The largest absolute Gasteiger partial charge is 0.477 e. The van der Waals surface area contributed by atoms with E-state index in [0.29, 0.717) is 37.1 Å². The number of aromatic nitrogens is 1. The quantitative estimate of drug-likeness (QED) is 0.586. The molecular weight excluding hydrogens is 316 g/mol. The Balaban J connectivity index is 2.80. The van der Waals surface area contributed by atoms with Gasteiger partial charge in [-0.15, -0.1) is 0 Å². The third-order valence-corrected chi connectivity index (χ3v) is 3.93. The van der Waals surface area contributed by atoms with Gasteiger partial charge in [0.15, 0.2) is 0 Å². The molecule has 0 aliphatic rings. The van der Waals surface area contributed by atoms with Gasteiger partial charge >= 0.3 is 0 Å². The standard InChI is InChI=1S/C20H34N2O3/c1-7-9-11-24-18-16(5)12-17(14-21-18)22-19(23)20(6,13-15(3)4)25-10-8-2/h12,14-15H,7-11,13H2,1-6H3,(H,22,23)/t20-/m0/s1. The van der Waals surface area contributed by atoms with Crippen molar-refractivity contribution in [1.82, 2.24) is 4.98 Å². The molecule has 5 nitrogen and oxygen atoms in total. The van der Waals surface area contributed by atoms with E-state index in [-0.39, 0.29) is 5.91 Å². The Labute approximate surface area is 152 Å². The van der Waals surface area contributed by atoms with Crippen molar-refractivity contribution in [3.63, 3.8) is 0 Å². The number of hydrogen-bond donors (Lipinski definition) is 1. The third kappa shape index (κ3) is 7.02. The molecule has 1 rings (SSSR count). The molecule has 0 aliphatic heterocycles. The van der Waals surface area contributed by atoms with E-state index in [1.54, 1.807) is 6.20 Å². The highest BCUT2D eigenvalue weighted by molar-refractivity contribution is 5.97. The van der Waals surface area contributed by atoms with E-state index in [1.807, 2.05) is 26.8 Å². The lowest BCUT2D eigenvalue weighted by molar-refractivity contribution is -0.141. The van der Waals surface area contributed by atoms with Gasteiger partial charge in [-0.2, -0.15) is 0 Å². The van der Waals surface area contributed by atoms with Gasteiger partial charge in [0, 0.05) is 12.2 Å². The highest BCUT2D eigenvalue weighted by Crippen LogP contribution is 2.25. The molecule has 5 heteroatoms. The molecule has 0 spiro atoms. The average Bonchev–Trinajstić information content (AvgIpc) is 2.54. The lowest BCUT2D eigenvalue weighted by atomic mass is 9.93. The summed E-state index contributed by atoms with van der Waals surface area (Å²) >= 11 is 0. The van der Waals surface area contributed by atoms with Crippen molar-refractivity contribution in [3.05, 3.63) is 17.8 Å². The number of nitrogens with zero attached hydrogens (tertiary/aromatic N) is 1. The molecule has 1 amide bonds. The van der Waals surface area contributed by atoms with Crippen LogP contribution in [-0.2, 0) is 9.53 Å². The predicted octanol–water partition coefficient (Wildman–Crippen LogP) is 4.74. The molecule has 0 saturated heterocycles. The predicted molar refractivity (Wildman–Crippen MR) is 102 cm³/mol. The molecule has 25 heavy (non-hydrogen) atoms. The number of rotatable bonds is 11. The number of carbonyl (C=O) groups excluding carboxylic acids is 1. The Kier molecular flexibility index (Phi) is 8.90. The first-order chi connectivity index (χ1) is 11.8. The summed E-state index contributed by atoms with van der Waals surface area (Å²) in [6.45, 7) is 13.4. The number of carbonyl (C=O) groups is 1. The second-order valence-electron chi connectivity index (χ2n) is 7.18. The molecule has 142 valence electrons. The number of nitrogens with one attached hydrogen (secondary N) is 1. The summed E-state index contributed by atoms with van der Waals surface area (Å²) < 4.78 is 11.5. The van der Waals surface area contributed by atoms with Gasteiger partial charge in [0.2, 0.25) is 5.88 Å². The van der Waals surface area contributed by atoms with E-state index >= 15 is 0 Å². The molecule has 1 aromatic heterocycles. The van der Waals surface area contributed by atoms with Gasteiger partial charge in [-0.1, -0.05) is 34.1 Å². The number of unbranched alkanes of at least 4 members (excludes halogenated alkanes) is 1. The maximum absolute atomic E-state index is 12.8. The van der Waals surface area contributed by atoms with Crippen molar-refractivity contribution < 1.29 is 14.3 Å². The van der Waals surface area contributed by atoms with Gasteiger partial charge in [-0.05, 0) is 45.1 Å². The molecule has 1 aromatic rings. The van der Waals surface area contributed by atoms with Gasteiger partial charge < -0.3 is 14.8 Å². The minimum atomic E-state index is -0.839. The summed E-state index contributed by atoms with van der Waals surface area (Å²) in [5, 5.41) is 2.95. The van der Waals surface area contributed by atoms with Crippen molar-refractivity contribution in [3.8, 4) is 5.88 Å². The molecule has 0 aliphatic carbocycles. The van der Waals surface area contributed by atoms with Gasteiger partial charge in [-0.3, -0.25) is 4.79 Å². The number of pyridine rings is 1. The second-order valence-corrected chi connectivity index (χ2v) is 7.18. The van der Waals surface area contributed by atoms with Crippen molar-refractivity contribution >= 4 is 11.6 Å². The van der Waals surface area contributed by atoms with Gasteiger partial charge in [0.1, 0.15) is 5.60 Å². The van der Waals surface area contributed by atoms with Crippen LogP contribution in [-0.4, -0.2) is 29.7 Å². The van der Waals surface area contributed by atoms with Crippen molar-refractivity contribution in [2.75, 3.05) is 18.5 Å². The molecule has 0 aromatic carbocycles. The lowest BCUT2D eigenvalue weighted by Crippen LogP contribution is -2.44. The van der Waals surface area contributed by atoms with Gasteiger partial charge in [0.25, 0.3) is 5.91 Å². The number of hydrogen-bond acceptors (Lipinski definition) is 4. The highest BCUT2D eigenvalue weighted by atomic mass is 16.5. The Morgan fingerprint density at radius 1 is 1.28 bits per heavy atom. The fraction of sp³-hybridized carbons (Fsp3) is 0.700. The van der Waals surface area contributed by atoms with Crippen LogP contribution in [0.15, 0.2) is 12.3 Å². The molecule has 0 bridgehead atoms. The fourth-order valence-electron chi connectivity index (χ4n) is 2.68. The molecule has 0 fully saturated rings. The summed E-state index contributed by atoms with van der Waals surface area (Å²) in [7, 11) is 0. The monoisotopic (exact) mass is 350 g/mol. The summed E-state index contributed by atoms with van der Waals surface area (Å²) in [6, 6.07) is 1.89. The Hall–Kier alpha value is -1.62. The van der Waals surface area contributed by atoms with Crippen LogP contribution in [0.5, 0.6) is 5.88 Å². The number of amides is 1. The minimum Gasteiger partial charge on any atom is -0.477 e. The van der Waals surface area contributed by atoms with E-state index in [1.165, 1.54) is 0 Å². The third-order valence-electron chi connectivity index (χ3n) is 3.93. The van der Waals surface area contributed by atoms with Crippen LogP contribution >= 0.6 is 0 Å². The number of anilines is 1. The molecule has 0 radical (unpaired) electrons. The first kappa shape index (κ1) is 21.4. The minimum absolute atomic E-state index is 0.129. The van der Waals surface area contributed by atoms with Crippen LogP contribution < -0.4 is 10.1 Å². The van der Waals surface area contributed by atoms with E-state index in [9.17, 15) is 4.79 Å². The molecule has 0 saturated carbocycles. The van der Waals surface area contributed by atoms with E-state index in [4.69, 9.17) is 9.47 Å². The molecule has 1 N–H and O–H groups in total. The van der Waals surface area contributed by atoms with Gasteiger partial charge in [0.05, 0.1) is 18.5 Å². The molecule has 1 atom stereocenters. The first-order valence-corrected chi connectivity index (χ1v) is 9.37.